The third kappa shape index (κ3) is 5.50. The van der Waals surface area contributed by atoms with E-state index in [1.165, 1.54) is 25.5 Å². The summed E-state index contributed by atoms with van der Waals surface area (Å²) >= 11 is 0. The van der Waals surface area contributed by atoms with E-state index in [1.54, 1.807) is 24.7 Å². The maximum Gasteiger partial charge on any atom is 0.188 e. The summed E-state index contributed by atoms with van der Waals surface area (Å²) in [6.07, 6.45) is 9.70. The normalized spacial score (nSPS) is 20.5. The van der Waals surface area contributed by atoms with Crippen LogP contribution in [0.1, 0.15) is 51.1 Å². The van der Waals surface area contributed by atoms with Crippen LogP contribution in [0.15, 0.2) is 49.1 Å². The lowest BCUT2D eigenvalue weighted by Crippen LogP contribution is -2.72. The van der Waals surface area contributed by atoms with Crippen molar-refractivity contribution in [3.8, 4) is 22.6 Å². The molecule has 7 nitrogen and oxygen atoms in total. The first-order valence-electron chi connectivity index (χ1n) is 14.4. The molecule has 0 radical (unpaired) electrons. The maximum absolute atomic E-state index is 14.4. The van der Waals surface area contributed by atoms with Crippen molar-refractivity contribution in [2.75, 3.05) is 50.8 Å². The molecule has 3 saturated heterocycles. The SMILES string of the molecule is CC.Fc1ccc(Oc2cncnc2N2CC3(CN(CC4CCOCC4)C3)C2)c(-c2cccnc2C2CC2)c1. The van der Waals surface area contributed by atoms with Gasteiger partial charge in [-0.3, -0.25) is 4.98 Å². The third-order valence-electron chi connectivity index (χ3n) is 8.24. The van der Waals surface area contributed by atoms with Gasteiger partial charge in [-0.25, -0.2) is 14.4 Å². The second-order valence-electron chi connectivity index (χ2n) is 11.2. The first-order chi connectivity index (χ1) is 19.2. The van der Waals surface area contributed by atoms with Crippen LogP contribution in [0, 0.1) is 17.2 Å². The minimum atomic E-state index is -0.294. The lowest BCUT2D eigenvalue weighted by molar-refractivity contribution is -0.0430. The molecule has 206 valence electrons. The molecule has 39 heavy (non-hydrogen) atoms. The van der Waals surface area contributed by atoms with E-state index in [9.17, 15) is 4.39 Å². The number of nitrogens with zero attached hydrogens (tertiary/aromatic N) is 5. The molecule has 1 aromatic carbocycles. The van der Waals surface area contributed by atoms with Gasteiger partial charge in [-0.1, -0.05) is 19.9 Å². The van der Waals surface area contributed by atoms with Gasteiger partial charge in [-0.05, 0) is 55.9 Å². The van der Waals surface area contributed by atoms with E-state index >= 15 is 0 Å². The molecule has 4 aliphatic rings. The predicted octanol–water partition coefficient (Wildman–Crippen LogP) is 5.92. The van der Waals surface area contributed by atoms with Crippen LogP contribution in [-0.2, 0) is 4.74 Å². The first kappa shape index (κ1) is 26.1. The zero-order valence-electron chi connectivity index (χ0n) is 23.0. The summed E-state index contributed by atoms with van der Waals surface area (Å²) < 4.78 is 26.3. The molecular weight excluding hydrogens is 493 g/mol. The lowest BCUT2D eigenvalue weighted by atomic mass is 9.72. The fourth-order valence-corrected chi connectivity index (χ4v) is 6.31. The Kier molecular flexibility index (Phi) is 7.49. The summed E-state index contributed by atoms with van der Waals surface area (Å²) in [7, 11) is 0. The lowest BCUT2D eigenvalue weighted by Gasteiger charge is -2.61. The minimum Gasteiger partial charge on any atom is -0.451 e. The molecule has 8 heteroatoms. The number of pyridine rings is 1. The van der Waals surface area contributed by atoms with Crippen LogP contribution in [0.4, 0.5) is 10.2 Å². The molecular formula is C31H38FN5O2. The van der Waals surface area contributed by atoms with Crippen molar-refractivity contribution in [2.24, 2.45) is 11.3 Å². The van der Waals surface area contributed by atoms with Gasteiger partial charge in [-0.2, -0.15) is 0 Å². The van der Waals surface area contributed by atoms with Crippen LogP contribution >= 0.6 is 0 Å². The quantitative estimate of drug-likeness (QED) is 0.375. The summed E-state index contributed by atoms with van der Waals surface area (Å²) in [6, 6.07) is 8.59. The van der Waals surface area contributed by atoms with Gasteiger partial charge in [0, 0.05) is 74.6 Å². The highest BCUT2D eigenvalue weighted by Gasteiger charge is 2.52. The zero-order chi connectivity index (χ0) is 26.8. The predicted molar refractivity (Wildman–Crippen MR) is 150 cm³/mol. The van der Waals surface area contributed by atoms with Crippen LogP contribution < -0.4 is 9.64 Å². The number of hydrogen-bond acceptors (Lipinski definition) is 7. The number of benzene rings is 1. The smallest absolute Gasteiger partial charge is 0.188 e. The van der Waals surface area contributed by atoms with Gasteiger partial charge < -0.3 is 19.3 Å². The van der Waals surface area contributed by atoms with Crippen LogP contribution in [0.3, 0.4) is 0 Å². The highest BCUT2D eigenvalue weighted by molar-refractivity contribution is 5.74. The zero-order valence-corrected chi connectivity index (χ0v) is 23.0. The maximum atomic E-state index is 14.4. The van der Waals surface area contributed by atoms with Crippen molar-refractivity contribution >= 4 is 5.82 Å². The Morgan fingerprint density at radius 1 is 0.974 bits per heavy atom. The fraction of sp³-hybridized carbons (Fsp3) is 0.516. The molecule has 1 aliphatic carbocycles. The third-order valence-corrected chi connectivity index (χ3v) is 8.24. The van der Waals surface area contributed by atoms with E-state index in [0.717, 1.165) is 75.2 Å². The molecule has 0 bridgehead atoms. The van der Waals surface area contributed by atoms with Crippen LogP contribution in [-0.4, -0.2) is 65.8 Å². The number of aromatic nitrogens is 3. The topological polar surface area (TPSA) is 63.6 Å². The van der Waals surface area contributed by atoms with Gasteiger partial charge in [0.2, 0.25) is 0 Å². The minimum absolute atomic E-state index is 0.294. The summed E-state index contributed by atoms with van der Waals surface area (Å²) in [5.41, 5.74) is 3.01. The Morgan fingerprint density at radius 2 is 1.77 bits per heavy atom. The van der Waals surface area contributed by atoms with Crippen molar-refractivity contribution in [3.63, 3.8) is 0 Å². The number of anilines is 1. The fourth-order valence-electron chi connectivity index (χ4n) is 6.31. The summed E-state index contributed by atoms with van der Waals surface area (Å²) in [6.45, 7) is 11.2. The Balaban J connectivity index is 0.00000135. The van der Waals surface area contributed by atoms with Gasteiger partial charge in [0.15, 0.2) is 11.6 Å². The van der Waals surface area contributed by atoms with E-state index in [4.69, 9.17) is 9.47 Å². The first-order valence-corrected chi connectivity index (χ1v) is 14.4. The molecule has 0 amide bonds. The molecule has 5 heterocycles. The molecule has 4 fully saturated rings. The van der Waals surface area contributed by atoms with Gasteiger partial charge in [-0.15, -0.1) is 0 Å². The molecule has 7 rings (SSSR count). The van der Waals surface area contributed by atoms with Crippen LogP contribution in [0.2, 0.25) is 0 Å². The Bertz CT molecular complexity index is 1280. The number of ether oxygens (including phenoxy) is 2. The molecule has 1 saturated carbocycles. The van der Waals surface area contributed by atoms with Gasteiger partial charge in [0.05, 0.1) is 11.9 Å². The molecule has 0 N–H and O–H groups in total. The van der Waals surface area contributed by atoms with E-state index < -0.39 is 0 Å². The summed E-state index contributed by atoms with van der Waals surface area (Å²) in [5.74, 6) is 2.90. The standard InChI is InChI=1S/C29H32FN5O2.C2H6/c30-22-5-6-25(24(12-22)23-2-1-9-32-27(23)21-3-4-21)37-26-13-31-19-33-28(26)35-17-29(18-35)15-34(16-29)14-20-7-10-36-11-8-20;1-2/h1-2,5-6,9,12-13,19-21H,3-4,7-8,10-11,14-18H2;1-2H3. The number of hydrogen-bond donors (Lipinski definition) is 0. The van der Waals surface area contributed by atoms with E-state index in [2.05, 4.69) is 24.8 Å². The van der Waals surface area contributed by atoms with Crippen molar-refractivity contribution in [3.05, 3.63) is 60.6 Å². The monoisotopic (exact) mass is 531 g/mol. The molecule has 0 unspecified atom stereocenters. The second-order valence-corrected chi connectivity index (χ2v) is 11.2. The summed E-state index contributed by atoms with van der Waals surface area (Å²) in [4.78, 5) is 18.3. The van der Waals surface area contributed by atoms with Crippen molar-refractivity contribution in [2.45, 2.75) is 45.4 Å². The van der Waals surface area contributed by atoms with Crippen LogP contribution in [0.25, 0.3) is 11.1 Å². The Hall–Kier alpha value is -3.10. The van der Waals surface area contributed by atoms with Gasteiger partial charge in [0.1, 0.15) is 17.9 Å². The summed E-state index contributed by atoms with van der Waals surface area (Å²) in [5, 5.41) is 0. The average Bonchev–Trinajstić information content (AvgIpc) is 3.78. The van der Waals surface area contributed by atoms with Crippen LogP contribution in [0.5, 0.6) is 11.5 Å². The van der Waals surface area contributed by atoms with E-state index in [-0.39, 0.29) is 5.82 Å². The van der Waals surface area contributed by atoms with E-state index in [0.29, 0.717) is 28.4 Å². The number of rotatable bonds is 7. The largest absolute Gasteiger partial charge is 0.451 e. The average molecular weight is 532 g/mol. The second kappa shape index (κ2) is 11.2. The Labute approximate surface area is 230 Å². The highest BCUT2D eigenvalue weighted by atomic mass is 19.1. The highest BCUT2D eigenvalue weighted by Crippen LogP contribution is 2.47. The molecule has 3 aliphatic heterocycles. The molecule has 0 atom stereocenters. The van der Waals surface area contributed by atoms with Crippen molar-refractivity contribution in [1.82, 2.24) is 19.9 Å². The van der Waals surface area contributed by atoms with Gasteiger partial charge >= 0.3 is 0 Å². The number of halogens is 1. The molecule has 3 aromatic rings. The van der Waals surface area contributed by atoms with E-state index in [1.807, 2.05) is 32.2 Å². The molecule has 2 aromatic heterocycles. The number of likely N-dealkylation sites (tertiary alicyclic amines) is 1. The van der Waals surface area contributed by atoms with Gasteiger partial charge in [0.25, 0.3) is 0 Å². The molecule has 1 spiro atoms. The van der Waals surface area contributed by atoms with Crippen molar-refractivity contribution < 1.29 is 13.9 Å². The Morgan fingerprint density at radius 3 is 2.54 bits per heavy atom. The van der Waals surface area contributed by atoms with Crippen molar-refractivity contribution in [1.29, 1.82) is 0 Å².